The van der Waals surface area contributed by atoms with Gasteiger partial charge in [0.05, 0.1) is 0 Å². The smallest absolute Gasteiger partial charge is 0.356 e. The predicted octanol–water partition coefficient (Wildman–Crippen LogP) is 3.99. The number of aromatic nitrogens is 3. The van der Waals surface area contributed by atoms with Gasteiger partial charge >= 0.3 is 5.97 Å². The molecule has 0 amide bonds. The fourth-order valence-corrected chi connectivity index (χ4v) is 4.29. The third-order valence-corrected chi connectivity index (χ3v) is 5.68. The monoisotopic (exact) mass is 313 g/mol. The highest BCUT2D eigenvalue weighted by Gasteiger charge is 2.55. The molecule has 1 unspecified atom stereocenters. The molecule has 2 aliphatic carbocycles. The highest BCUT2D eigenvalue weighted by atomic mass is 16.4. The van der Waals surface area contributed by atoms with Crippen molar-refractivity contribution in [3.8, 4) is 0 Å². The van der Waals surface area contributed by atoms with Crippen LogP contribution < -0.4 is 0 Å². The molecule has 0 aliphatic heterocycles. The molecular weight excluding hydrogens is 290 g/mol. The van der Waals surface area contributed by atoms with E-state index in [1.54, 1.807) is 10.6 Å². The van der Waals surface area contributed by atoms with E-state index in [9.17, 15) is 9.90 Å². The first kappa shape index (κ1) is 14.7. The first-order chi connectivity index (χ1) is 11.0. The summed E-state index contributed by atoms with van der Waals surface area (Å²) in [4.78, 5) is 16.0. The number of rotatable bonds is 3. The Hall–Kier alpha value is -1.91. The van der Waals surface area contributed by atoms with E-state index in [4.69, 9.17) is 4.98 Å². The van der Waals surface area contributed by atoms with Crippen molar-refractivity contribution in [3.63, 3.8) is 0 Å². The second-order valence-electron chi connectivity index (χ2n) is 7.55. The first-order valence-electron chi connectivity index (χ1n) is 8.64. The van der Waals surface area contributed by atoms with Gasteiger partial charge in [-0.1, -0.05) is 33.1 Å². The van der Waals surface area contributed by atoms with Crippen molar-refractivity contribution in [1.29, 1.82) is 0 Å². The van der Waals surface area contributed by atoms with Crippen molar-refractivity contribution in [3.05, 3.63) is 29.2 Å². The maximum atomic E-state index is 11.2. The van der Waals surface area contributed by atoms with Crippen molar-refractivity contribution in [2.45, 2.75) is 64.2 Å². The quantitative estimate of drug-likeness (QED) is 0.930. The molecule has 2 aromatic rings. The minimum atomic E-state index is -0.998. The van der Waals surface area contributed by atoms with Gasteiger partial charge in [-0.05, 0) is 36.7 Å². The zero-order chi connectivity index (χ0) is 16.2. The largest absolute Gasteiger partial charge is 0.476 e. The Balaban J connectivity index is 1.77. The van der Waals surface area contributed by atoms with Crippen molar-refractivity contribution in [2.75, 3.05) is 0 Å². The number of hydrogen-bond acceptors (Lipinski definition) is 3. The van der Waals surface area contributed by atoms with Crippen molar-refractivity contribution >= 4 is 11.6 Å². The summed E-state index contributed by atoms with van der Waals surface area (Å²) in [6.45, 7) is 4.23. The molecule has 1 N–H and O–H groups in total. The molecule has 1 spiro atoms. The second-order valence-corrected chi connectivity index (χ2v) is 7.55. The van der Waals surface area contributed by atoms with Gasteiger partial charge < -0.3 is 5.11 Å². The lowest BCUT2D eigenvalue weighted by molar-refractivity contribution is 0.0690. The maximum Gasteiger partial charge on any atom is 0.356 e. The molecule has 5 heteroatoms. The van der Waals surface area contributed by atoms with Crippen LogP contribution >= 0.6 is 0 Å². The summed E-state index contributed by atoms with van der Waals surface area (Å²) in [6, 6.07) is 3.75. The molecule has 2 saturated carbocycles. The van der Waals surface area contributed by atoms with E-state index in [1.165, 1.54) is 38.5 Å². The summed E-state index contributed by atoms with van der Waals surface area (Å²) in [6.07, 6.45) is 7.93. The van der Waals surface area contributed by atoms with Gasteiger partial charge in [-0.3, -0.25) is 0 Å². The van der Waals surface area contributed by atoms with Crippen LogP contribution in [0.5, 0.6) is 0 Å². The summed E-state index contributed by atoms with van der Waals surface area (Å²) in [5.74, 6) is -0.169. The summed E-state index contributed by atoms with van der Waals surface area (Å²) >= 11 is 0. The molecule has 0 radical (unpaired) electrons. The molecule has 23 heavy (non-hydrogen) atoms. The Morgan fingerprint density at radius 3 is 2.70 bits per heavy atom. The maximum absolute atomic E-state index is 11.2. The van der Waals surface area contributed by atoms with Crippen molar-refractivity contribution in [2.24, 2.45) is 5.41 Å². The third-order valence-electron chi connectivity index (χ3n) is 5.68. The van der Waals surface area contributed by atoms with Crippen LogP contribution in [0.3, 0.4) is 0 Å². The minimum absolute atomic E-state index is 0.0692. The molecule has 1 atom stereocenters. The number of aromatic carboxylic acids is 1. The topological polar surface area (TPSA) is 67.5 Å². The lowest BCUT2D eigenvalue weighted by atomic mass is 9.84. The van der Waals surface area contributed by atoms with E-state index in [0.717, 1.165) is 11.4 Å². The summed E-state index contributed by atoms with van der Waals surface area (Å²) < 4.78 is 1.70. The van der Waals surface area contributed by atoms with E-state index in [1.807, 2.05) is 0 Å². The fourth-order valence-electron chi connectivity index (χ4n) is 4.29. The van der Waals surface area contributed by atoms with Crippen molar-refractivity contribution in [1.82, 2.24) is 14.6 Å². The highest BCUT2D eigenvalue weighted by Crippen LogP contribution is 2.66. The van der Waals surface area contributed by atoms with Gasteiger partial charge in [0.2, 0.25) is 0 Å². The van der Waals surface area contributed by atoms with E-state index in [2.05, 4.69) is 25.0 Å². The number of nitrogens with zero attached hydrogens (tertiary/aromatic N) is 3. The summed E-state index contributed by atoms with van der Waals surface area (Å²) in [7, 11) is 0. The van der Waals surface area contributed by atoms with E-state index in [0.29, 0.717) is 17.0 Å². The Labute approximate surface area is 135 Å². The Morgan fingerprint density at radius 1 is 1.30 bits per heavy atom. The lowest BCUT2D eigenvalue weighted by Gasteiger charge is -2.22. The average molecular weight is 313 g/mol. The number of carboxylic acids is 1. The van der Waals surface area contributed by atoms with Gasteiger partial charge in [0, 0.05) is 23.4 Å². The van der Waals surface area contributed by atoms with E-state index < -0.39 is 5.97 Å². The molecule has 0 saturated heterocycles. The molecule has 0 bridgehead atoms. The molecular formula is C18H23N3O2. The average Bonchev–Trinajstić information content (AvgIpc) is 3.03. The van der Waals surface area contributed by atoms with Crippen LogP contribution in [0.25, 0.3) is 5.65 Å². The Morgan fingerprint density at radius 2 is 2.04 bits per heavy atom. The van der Waals surface area contributed by atoms with Gasteiger partial charge in [-0.15, -0.1) is 0 Å². The van der Waals surface area contributed by atoms with E-state index in [-0.39, 0.29) is 11.6 Å². The number of fused-ring (bicyclic) bond motifs is 1. The SMILES string of the molecule is CC(C)c1cc(C2CC23CCCCC3)nc2cc(C(=O)O)nn12. The van der Waals surface area contributed by atoms with Crippen molar-refractivity contribution < 1.29 is 9.90 Å². The van der Waals surface area contributed by atoms with Gasteiger partial charge in [0.15, 0.2) is 11.3 Å². The zero-order valence-corrected chi connectivity index (χ0v) is 13.7. The summed E-state index contributed by atoms with van der Waals surface area (Å²) in [5.41, 5.74) is 3.41. The number of hydrogen-bond donors (Lipinski definition) is 1. The third kappa shape index (κ3) is 2.33. The van der Waals surface area contributed by atoms with Crippen LogP contribution in [-0.2, 0) is 0 Å². The van der Waals surface area contributed by atoms with Crippen LogP contribution in [0, 0.1) is 5.41 Å². The summed E-state index contributed by atoms with van der Waals surface area (Å²) in [5, 5.41) is 13.4. The molecule has 2 fully saturated rings. The Kier molecular flexibility index (Phi) is 3.22. The molecule has 122 valence electrons. The molecule has 4 rings (SSSR count). The zero-order valence-electron chi connectivity index (χ0n) is 13.7. The van der Waals surface area contributed by atoms with Crippen LogP contribution in [0.1, 0.15) is 86.1 Å². The van der Waals surface area contributed by atoms with Gasteiger partial charge in [0.25, 0.3) is 0 Å². The fraction of sp³-hybridized carbons (Fsp3) is 0.611. The molecule has 2 aromatic heterocycles. The molecule has 5 nitrogen and oxygen atoms in total. The molecule has 2 heterocycles. The van der Waals surface area contributed by atoms with Crippen LogP contribution in [0.2, 0.25) is 0 Å². The Bertz CT molecular complexity index is 772. The number of carbonyl (C=O) groups is 1. The normalized spacial score (nSPS) is 22.8. The van der Waals surface area contributed by atoms with Gasteiger partial charge in [0.1, 0.15) is 0 Å². The highest BCUT2D eigenvalue weighted by molar-refractivity contribution is 5.86. The van der Waals surface area contributed by atoms with Gasteiger partial charge in [-0.2, -0.15) is 5.10 Å². The lowest BCUT2D eigenvalue weighted by Crippen LogP contribution is -2.11. The molecule has 2 aliphatic rings. The number of carboxylic acid groups (broad SMARTS) is 1. The van der Waals surface area contributed by atoms with Gasteiger partial charge in [-0.25, -0.2) is 14.3 Å². The van der Waals surface area contributed by atoms with Crippen LogP contribution in [-0.4, -0.2) is 25.7 Å². The molecule has 0 aromatic carbocycles. The second kappa shape index (κ2) is 5.05. The predicted molar refractivity (Wildman–Crippen MR) is 86.9 cm³/mol. The first-order valence-corrected chi connectivity index (χ1v) is 8.64. The van der Waals surface area contributed by atoms with E-state index >= 15 is 0 Å². The van der Waals surface area contributed by atoms with Crippen LogP contribution in [0.4, 0.5) is 0 Å². The standard InChI is InChI=1S/C18H23N3O2/c1-11(2)15-8-13(12-10-18(12)6-4-3-5-7-18)19-16-9-14(17(22)23)20-21(15)16/h8-9,11-12H,3-7,10H2,1-2H3,(H,22,23). The van der Waals surface area contributed by atoms with Crippen LogP contribution in [0.15, 0.2) is 12.1 Å². The minimum Gasteiger partial charge on any atom is -0.476 e.